The Morgan fingerprint density at radius 2 is 1.94 bits per heavy atom. The fourth-order valence-corrected chi connectivity index (χ4v) is 5.31. The Labute approximate surface area is 212 Å². The van der Waals surface area contributed by atoms with Crippen LogP contribution < -0.4 is 4.90 Å². The molecule has 2 aromatic carbocycles. The van der Waals surface area contributed by atoms with Crippen molar-refractivity contribution >= 4 is 56.6 Å². The van der Waals surface area contributed by atoms with E-state index in [0.29, 0.717) is 42.2 Å². The number of hydrogen-bond acceptors (Lipinski definition) is 7. The van der Waals surface area contributed by atoms with Gasteiger partial charge in [-0.25, -0.2) is 4.98 Å². The molecule has 34 heavy (non-hydrogen) atoms. The summed E-state index contributed by atoms with van der Waals surface area (Å²) in [5.74, 6) is 0.316. The summed E-state index contributed by atoms with van der Waals surface area (Å²) in [5, 5.41) is 5.36. The molecule has 1 saturated heterocycles. The highest BCUT2D eigenvalue weighted by Crippen LogP contribution is 2.34. The Morgan fingerprint density at radius 3 is 2.71 bits per heavy atom. The minimum Gasteiger partial charge on any atom is -0.379 e. The zero-order valence-corrected chi connectivity index (χ0v) is 21.0. The Hall–Kier alpha value is -2.49. The number of amides is 1. The highest BCUT2D eigenvalue weighted by molar-refractivity contribution is 7.22. The summed E-state index contributed by atoms with van der Waals surface area (Å²) in [6, 6.07) is 15.1. The number of thiazole rings is 1. The second kappa shape index (κ2) is 10.8. The lowest BCUT2D eigenvalue weighted by Crippen LogP contribution is -2.43. The van der Waals surface area contributed by atoms with E-state index < -0.39 is 0 Å². The standard InChI is InChI=1S/C24H23ClN4O3S.ClH/c1-16-13-18(25)14-21-22(16)26-24(33-21)29(8-7-28-9-11-31-12-10-28)23(30)19-15-20(32-27-19)17-5-3-2-4-6-17;/h2-6,13-15H,7-12H2,1H3;1H. The minimum absolute atomic E-state index is 0. The number of aryl methyl sites for hydroxylation is 1. The van der Waals surface area contributed by atoms with Crippen LogP contribution in [0.25, 0.3) is 21.5 Å². The summed E-state index contributed by atoms with van der Waals surface area (Å²) >= 11 is 7.71. The van der Waals surface area contributed by atoms with Crippen LogP contribution in [-0.4, -0.2) is 60.3 Å². The molecule has 1 aliphatic heterocycles. The van der Waals surface area contributed by atoms with Gasteiger partial charge in [0.05, 0.1) is 23.4 Å². The zero-order chi connectivity index (χ0) is 22.8. The van der Waals surface area contributed by atoms with E-state index in [2.05, 4.69) is 10.1 Å². The smallest absolute Gasteiger partial charge is 0.282 e. The van der Waals surface area contributed by atoms with E-state index in [1.54, 1.807) is 11.0 Å². The quantitative estimate of drug-likeness (QED) is 0.344. The Bertz CT molecular complexity index is 1270. The molecule has 3 heterocycles. The number of hydrogen-bond donors (Lipinski definition) is 0. The number of aromatic nitrogens is 2. The average molecular weight is 519 g/mol. The number of halogens is 2. The van der Waals surface area contributed by atoms with Crippen molar-refractivity contribution in [3.05, 3.63) is 64.8 Å². The average Bonchev–Trinajstić information content (AvgIpc) is 3.48. The van der Waals surface area contributed by atoms with Crippen molar-refractivity contribution in [2.75, 3.05) is 44.3 Å². The van der Waals surface area contributed by atoms with Gasteiger partial charge < -0.3 is 9.26 Å². The highest BCUT2D eigenvalue weighted by Gasteiger charge is 2.26. The monoisotopic (exact) mass is 518 g/mol. The predicted molar refractivity (Wildman–Crippen MR) is 137 cm³/mol. The molecule has 1 fully saturated rings. The van der Waals surface area contributed by atoms with Gasteiger partial charge in [-0.2, -0.15) is 0 Å². The second-order valence-electron chi connectivity index (χ2n) is 7.92. The SMILES string of the molecule is Cc1cc(Cl)cc2sc(N(CCN3CCOCC3)C(=O)c3cc(-c4ccccc4)on3)nc12.Cl. The Kier molecular flexibility index (Phi) is 7.85. The first-order chi connectivity index (χ1) is 16.1. The third-order valence-corrected chi connectivity index (χ3v) is 6.89. The molecule has 0 saturated carbocycles. The molecule has 1 aliphatic rings. The molecule has 0 unspecified atom stereocenters. The van der Waals surface area contributed by atoms with E-state index in [4.69, 9.17) is 25.8 Å². The number of ether oxygens (including phenoxy) is 1. The summed E-state index contributed by atoms with van der Waals surface area (Å²) in [5.41, 5.74) is 2.96. The maximum Gasteiger partial charge on any atom is 0.282 e. The van der Waals surface area contributed by atoms with Gasteiger partial charge in [0.1, 0.15) is 0 Å². The van der Waals surface area contributed by atoms with E-state index in [1.165, 1.54) is 11.3 Å². The molecular weight excluding hydrogens is 495 g/mol. The molecule has 0 bridgehead atoms. The van der Waals surface area contributed by atoms with Gasteiger partial charge >= 0.3 is 0 Å². The maximum absolute atomic E-state index is 13.6. The van der Waals surface area contributed by atoms with E-state index >= 15 is 0 Å². The van der Waals surface area contributed by atoms with Crippen molar-refractivity contribution < 1.29 is 14.1 Å². The van der Waals surface area contributed by atoms with Crippen LogP contribution in [0.5, 0.6) is 0 Å². The van der Waals surface area contributed by atoms with Crippen LogP contribution in [-0.2, 0) is 4.74 Å². The van der Waals surface area contributed by atoms with Crippen LogP contribution >= 0.6 is 35.3 Å². The van der Waals surface area contributed by atoms with Crippen LogP contribution in [0.15, 0.2) is 53.1 Å². The van der Waals surface area contributed by atoms with Crippen LogP contribution in [0.4, 0.5) is 5.13 Å². The molecule has 0 atom stereocenters. The van der Waals surface area contributed by atoms with E-state index in [9.17, 15) is 4.79 Å². The van der Waals surface area contributed by atoms with Crippen molar-refractivity contribution in [2.24, 2.45) is 0 Å². The lowest BCUT2D eigenvalue weighted by atomic mass is 10.1. The summed E-state index contributed by atoms with van der Waals surface area (Å²) in [4.78, 5) is 22.4. The topological polar surface area (TPSA) is 71.7 Å². The number of nitrogens with zero attached hydrogens (tertiary/aromatic N) is 4. The van der Waals surface area contributed by atoms with Crippen molar-refractivity contribution in [1.82, 2.24) is 15.0 Å². The number of rotatable bonds is 6. The maximum atomic E-state index is 13.6. The molecule has 10 heteroatoms. The van der Waals surface area contributed by atoms with Crippen LogP contribution in [0.1, 0.15) is 16.1 Å². The second-order valence-corrected chi connectivity index (χ2v) is 9.36. The number of morpholine rings is 1. The molecule has 0 radical (unpaired) electrons. The van der Waals surface area contributed by atoms with Crippen LogP contribution in [0.2, 0.25) is 5.02 Å². The van der Waals surface area contributed by atoms with E-state index in [-0.39, 0.29) is 24.0 Å². The summed E-state index contributed by atoms with van der Waals surface area (Å²) in [6.45, 7) is 6.28. The van der Waals surface area contributed by atoms with E-state index in [0.717, 1.165) is 34.4 Å². The van der Waals surface area contributed by atoms with Crippen molar-refractivity contribution in [2.45, 2.75) is 6.92 Å². The first kappa shape index (κ1) is 24.6. The number of carbonyl (C=O) groups is 1. The fraction of sp³-hybridized carbons (Fsp3) is 0.292. The molecule has 0 aliphatic carbocycles. The van der Waals surface area contributed by atoms with Gasteiger partial charge in [0.25, 0.3) is 5.91 Å². The number of carbonyl (C=O) groups excluding carboxylic acids is 1. The number of benzene rings is 2. The molecule has 7 nitrogen and oxygen atoms in total. The largest absolute Gasteiger partial charge is 0.379 e. The van der Waals surface area contributed by atoms with Crippen LogP contribution in [0.3, 0.4) is 0 Å². The predicted octanol–water partition coefficient (Wildman–Crippen LogP) is 5.31. The van der Waals surface area contributed by atoms with Gasteiger partial charge in [0.15, 0.2) is 16.6 Å². The lowest BCUT2D eigenvalue weighted by Gasteiger charge is -2.28. The highest BCUT2D eigenvalue weighted by atomic mass is 35.5. The van der Waals surface area contributed by atoms with Gasteiger partial charge in [0, 0.05) is 42.8 Å². The molecule has 0 N–H and O–H groups in total. The summed E-state index contributed by atoms with van der Waals surface area (Å²) < 4.78 is 11.9. The fourth-order valence-electron chi connectivity index (χ4n) is 3.86. The third-order valence-electron chi connectivity index (χ3n) is 5.65. The molecule has 0 spiro atoms. The third kappa shape index (κ3) is 5.26. The van der Waals surface area contributed by atoms with Crippen molar-refractivity contribution in [3.63, 3.8) is 0 Å². The summed E-state index contributed by atoms with van der Waals surface area (Å²) in [7, 11) is 0. The molecule has 178 valence electrons. The minimum atomic E-state index is -0.239. The van der Waals surface area contributed by atoms with Crippen molar-refractivity contribution in [3.8, 4) is 11.3 Å². The lowest BCUT2D eigenvalue weighted by molar-refractivity contribution is 0.0391. The Balaban J connectivity index is 0.00000274. The first-order valence-corrected chi connectivity index (χ1v) is 12.0. The molecule has 5 rings (SSSR count). The Morgan fingerprint density at radius 1 is 1.18 bits per heavy atom. The molecule has 1 amide bonds. The molecular formula is C24H24Cl2N4O3S. The molecule has 4 aromatic rings. The van der Waals surface area contributed by atoms with Gasteiger partial charge in [0.2, 0.25) is 0 Å². The summed E-state index contributed by atoms with van der Waals surface area (Å²) in [6.07, 6.45) is 0. The van der Waals surface area contributed by atoms with Crippen LogP contribution in [0, 0.1) is 6.92 Å². The van der Waals surface area contributed by atoms with Gasteiger partial charge in [-0.05, 0) is 24.6 Å². The van der Waals surface area contributed by atoms with Crippen molar-refractivity contribution in [1.29, 1.82) is 0 Å². The number of fused-ring (bicyclic) bond motifs is 1. The van der Waals surface area contributed by atoms with E-state index in [1.807, 2.05) is 49.4 Å². The van der Waals surface area contributed by atoms with Gasteiger partial charge in [-0.1, -0.05) is 58.4 Å². The normalized spacial score (nSPS) is 14.2. The first-order valence-electron chi connectivity index (χ1n) is 10.8. The zero-order valence-electron chi connectivity index (χ0n) is 18.6. The van der Waals surface area contributed by atoms with Gasteiger partial charge in [-0.15, -0.1) is 12.4 Å². The number of anilines is 1. The van der Waals surface area contributed by atoms with Gasteiger partial charge in [-0.3, -0.25) is 14.6 Å². The molecule has 2 aromatic heterocycles.